The van der Waals surface area contributed by atoms with E-state index in [0.717, 1.165) is 5.56 Å². The molecule has 3 aromatic carbocycles. The van der Waals surface area contributed by atoms with Crippen molar-refractivity contribution in [1.82, 2.24) is 0 Å². The van der Waals surface area contributed by atoms with E-state index in [1.165, 1.54) is 19.2 Å². The molecule has 0 aliphatic carbocycles. The van der Waals surface area contributed by atoms with Crippen LogP contribution in [0.3, 0.4) is 0 Å². The molecule has 1 unspecified atom stereocenters. The SMILES string of the molecule is CON=C(COc1ccc(COc2ccc(C(C#N)CC(=O)[O-])cc2)cc1)c1cccc(F)c1.[Na+]. The third-order valence-electron chi connectivity index (χ3n) is 4.87. The van der Waals surface area contributed by atoms with Gasteiger partial charge >= 0.3 is 29.6 Å². The maximum Gasteiger partial charge on any atom is 1.00 e. The Balaban J connectivity index is 0.00000432. The van der Waals surface area contributed by atoms with Gasteiger partial charge in [0.05, 0.1) is 12.0 Å². The Morgan fingerprint density at radius 1 is 1.06 bits per heavy atom. The van der Waals surface area contributed by atoms with Crippen molar-refractivity contribution in [2.24, 2.45) is 5.16 Å². The molecule has 0 fully saturated rings. The molecular formula is C26H22FN2NaO5. The van der Waals surface area contributed by atoms with Crippen LogP contribution in [0.1, 0.15) is 29.0 Å². The van der Waals surface area contributed by atoms with Gasteiger partial charge in [-0.25, -0.2) is 4.39 Å². The Morgan fingerprint density at radius 2 is 1.71 bits per heavy atom. The number of ether oxygens (including phenoxy) is 2. The first kappa shape index (κ1) is 27.9. The van der Waals surface area contributed by atoms with Gasteiger partial charge in [-0.3, -0.25) is 0 Å². The first-order chi connectivity index (χ1) is 16.5. The third kappa shape index (κ3) is 8.72. The fraction of sp³-hybridized carbons (Fsp3) is 0.192. The third-order valence-corrected chi connectivity index (χ3v) is 4.87. The van der Waals surface area contributed by atoms with Gasteiger partial charge in [-0.2, -0.15) is 5.26 Å². The van der Waals surface area contributed by atoms with E-state index in [1.807, 2.05) is 18.2 Å². The standard InChI is InChI=1S/C26H23FN2O5.Na/c1-32-29-25(20-3-2-4-22(27)13-20)17-34-23-9-5-18(6-10-23)16-33-24-11-7-19(8-12-24)21(15-28)14-26(30)31;/h2-13,21H,14,16-17H2,1H3,(H,30,31);/q;+1/p-1. The zero-order valence-corrected chi connectivity index (χ0v) is 21.4. The minimum Gasteiger partial charge on any atom is -0.550 e. The average molecular weight is 484 g/mol. The van der Waals surface area contributed by atoms with Gasteiger partial charge in [-0.15, -0.1) is 0 Å². The van der Waals surface area contributed by atoms with Crippen LogP contribution in [0.25, 0.3) is 0 Å². The molecule has 0 radical (unpaired) electrons. The van der Waals surface area contributed by atoms with Crippen molar-refractivity contribution in [3.63, 3.8) is 0 Å². The summed E-state index contributed by atoms with van der Waals surface area (Å²) >= 11 is 0. The number of aliphatic carboxylic acids is 1. The van der Waals surface area contributed by atoms with E-state index in [1.54, 1.807) is 48.5 Å². The Labute approximate surface area is 225 Å². The zero-order valence-electron chi connectivity index (χ0n) is 19.4. The molecule has 0 saturated heterocycles. The first-order valence-corrected chi connectivity index (χ1v) is 10.4. The van der Waals surface area contributed by atoms with Crippen molar-refractivity contribution in [3.05, 3.63) is 95.3 Å². The summed E-state index contributed by atoms with van der Waals surface area (Å²) in [4.78, 5) is 15.6. The number of nitrogens with zero attached hydrogens (tertiary/aromatic N) is 2. The smallest absolute Gasteiger partial charge is 0.550 e. The van der Waals surface area contributed by atoms with E-state index in [0.29, 0.717) is 34.9 Å². The van der Waals surface area contributed by atoms with Crippen LogP contribution in [0, 0.1) is 17.1 Å². The van der Waals surface area contributed by atoms with Crippen LogP contribution in [0.5, 0.6) is 11.5 Å². The first-order valence-electron chi connectivity index (χ1n) is 10.4. The van der Waals surface area contributed by atoms with Crippen molar-refractivity contribution in [2.45, 2.75) is 18.9 Å². The maximum absolute atomic E-state index is 13.5. The average Bonchev–Trinajstić information content (AvgIpc) is 2.84. The maximum atomic E-state index is 13.5. The van der Waals surface area contributed by atoms with Crippen LogP contribution in [0.4, 0.5) is 4.39 Å². The van der Waals surface area contributed by atoms with E-state index < -0.39 is 11.9 Å². The summed E-state index contributed by atoms with van der Waals surface area (Å²) in [6.07, 6.45) is -0.355. The quantitative estimate of drug-likeness (QED) is 0.224. The van der Waals surface area contributed by atoms with Crippen LogP contribution in [0.2, 0.25) is 0 Å². The molecule has 0 heterocycles. The van der Waals surface area contributed by atoms with E-state index in [4.69, 9.17) is 19.6 Å². The molecule has 35 heavy (non-hydrogen) atoms. The Hall–Kier alpha value is -3.38. The molecule has 0 aliphatic heterocycles. The second-order valence-electron chi connectivity index (χ2n) is 7.28. The van der Waals surface area contributed by atoms with Gasteiger partial charge in [0.1, 0.15) is 43.4 Å². The number of carbonyl (C=O) groups is 1. The molecule has 0 N–H and O–H groups in total. The molecule has 0 aliphatic rings. The fourth-order valence-corrected chi connectivity index (χ4v) is 3.14. The van der Waals surface area contributed by atoms with Crippen LogP contribution in [0.15, 0.2) is 78.0 Å². The molecule has 9 heteroatoms. The second kappa shape index (κ2) is 14.1. The summed E-state index contributed by atoms with van der Waals surface area (Å²) in [6, 6.07) is 22.0. The molecule has 1 atom stereocenters. The number of halogens is 1. The Morgan fingerprint density at radius 3 is 2.31 bits per heavy atom. The number of nitriles is 1. The van der Waals surface area contributed by atoms with Crippen molar-refractivity contribution in [3.8, 4) is 17.6 Å². The van der Waals surface area contributed by atoms with Crippen molar-refractivity contribution >= 4 is 11.7 Å². The second-order valence-corrected chi connectivity index (χ2v) is 7.28. The van der Waals surface area contributed by atoms with Gasteiger partial charge < -0.3 is 24.2 Å². The Kier molecular flexibility index (Phi) is 11.2. The van der Waals surface area contributed by atoms with Crippen LogP contribution < -0.4 is 44.1 Å². The number of oxime groups is 1. The summed E-state index contributed by atoms with van der Waals surface area (Å²) in [6.45, 7) is 0.404. The zero-order chi connectivity index (χ0) is 24.3. The summed E-state index contributed by atoms with van der Waals surface area (Å²) in [5.74, 6) is -1.21. The predicted molar refractivity (Wildman–Crippen MR) is 121 cm³/mol. The molecule has 0 aromatic heterocycles. The Bertz CT molecular complexity index is 1180. The summed E-state index contributed by atoms with van der Waals surface area (Å²) in [7, 11) is 1.41. The van der Waals surface area contributed by atoms with Crippen LogP contribution in [-0.4, -0.2) is 25.4 Å². The predicted octanol–water partition coefficient (Wildman–Crippen LogP) is 0.585. The largest absolute Gasteiger partial charge is 1.00 e. The van der Waals surface area contributed by atoms with Crippen molar-refractivity contribution in [2.75, 3.05) is 13.7 Å². The number of hydrogen-bond donors (Lipinski definition) is 0. The van der Waals surface area contributed by atoms with E-state index >= 15 is 0 Å². The molecule has 3 aromatic rings. The number of hydrogen-bond acceptors (Lipinski definition) is 7. The molecule has 0 bridgehead atoms. The van der Waals surface area contributed by atoms with E-state index in [-0.39, 0.29) is 48.4 Å². The molecule has 0 amide bonds. The van der Waals surface area contributed by atoms with Gasteiger partial charge in [0.2, 0.25) is 0 Å². The van der Waals surface area contributed by atoms with Crippen LogP contribution >= 0.6 is 0 Å². The molecule has 174 valence electrons. The van der Waals surface area contributed by atoms with E-state index in [9.17, 15) is 14.3 Å². The van der Waals surface area contributed by atoms with Gasteiger partial charge in [0, 0.05) is 18.0 Å². The van der Waals surface area contributed by atoms with Gasteiger partial charge in [-0.1, -0.05) is 41.6 Å². The molecular weight excluding hydrogens is 462 g/mol. The van der Waals surface area contributed by atoms with Crippen LogP contribution in [-0.2, 0) is 16.2 Å². The minimum absolute atomic E-state index is 0. The van der Waals surface area contributed by atoms with Gasteiger partial charge in [0.15, 0.2) is 0 Å². The number of carbonyl (C=O) groups excluding carboxylic acids is 1. The number of carboxylic acid groups (broad SMARTS) is 1. The minimum atomic E-state index is -1.27. The summed E-state index contributed by atoms with van der Waals surface area (Å²) in [5, 5.41) is 23.8. The van der Waals surface area contributed by atoms with Gasteiger partial charge in [0.25, 0.3) is 0 Å². The number of benzene rings is 3. The molecule has 0 spiro atoms. The summed E-state index contributed by atoms with van der Waals surface area (Å²) < 4.78 is 25.0. The topological polar surface area (TPSA) is 104 Å². The monoisotopic (exact) mass is 484 g/mol. The molecule has 0 saturated carbocycles. The normalized spacial score (nSPS) is 11.5. The summed E-state index contributed by atoms with van der Waals surface area (Å²) in [5.41, 5.74) is 2.52. The van der Waals surface area contributed by atoms with Gasteiger partial charge in [-0.05, 0) is 47.5 Å². The van der Waals surface area contributed by atoms with Crippen molar-refractivity contribution in [1.29, 1.82) is 5.26 Å². The number of carboxylic acids is 1. The molecule has 7 nitrogen and oxygen atoms in total. The fourth-order valence-electron chi connectivity index (χ4n) is 3.14. The number of rotatable bonds is 11. The molecule has 3 rings (SSSR count). The van der Waals surface area contributed by atoms with E-state index in [2.05, 4.69) is 5.16 Å². The van der Waals surface area contributed by atoms with Crippen molar-refractivity contribution < 1.29 is 58.2 Å².